The quantitative estimate of drug-likeness (QED) is 0.837. The van der Waals surface area contributed by atoms with Gasteiger partial charge in [0.1, 0.15) is 0 Å². The molecule has 1 N–H and O–H groups in total. The summed E-state index contributed by atoms with van der Waals surface area (Å²) in [6, 6.07) is 0. The Morgan fingerprint density at radius 3 is 2.71 bits per heavy atom. The van der Waals surface area contributed by atoms with Crippen molar-refractivity contribution in [3.05, 3.63) is 0 Å². The van der Waals surface area contributed by atoms with Crippen molar-refractivity contribution in [1.82, 2.24) is 4.90 Å². The van der Waals surface area contributed by atoms with Crippen LogP contribution in [0.1, 0.15) is 32.6 Å². The first-order valence-electron chi connectivity index (χ1n) is 6.70. The molecule has 2 aliphatic rings. The van der Waals surface area contributed by atoms with Crippen molar-refractivity contribution in [2.45, 2.75) is 38.7 Å². The molecule has 0 spiro atoms. The summed E-state index contributed by atoms with van der Waals surface area (Å²) in [4.78, 5) is 14.1. The largest absolute Gasteiger partial charge is 0.393 e. The maximum atomic E-state index is 12.1. The van der Waals surface area contributed by atoms with Gasteiger partial charge in [-0.05, 0) is 43.6 Å². The molecule has 17 heavy (non-hydrogen) atoms. The molecule has 0 radical (unpaired) electrons. The smallest absolute Gasteiger partial charge is 0.222 e. The molecule has 1 amide bonds. The molecule has 2 rings (SSSR count). The molecular formula is C13H23NO2S. The summed E-state index contributed by atoms with van der Waals surface area (Å²) in [5, 5.41) is 9.53. The Morgan fingerprint density at radius 2 is 2.12 bits per heavy atom. The molecule has 0 aromatic heterocycles. The molecule has 2 aliphatic heterocycles. The van der Waals surface area contributed by atoms with Crippen molar-refractivity contribution in [2.75, 3.05) is 24.6 Å². The number of rotatable bonds is 3. The molecule has 0 aromatic carbocycles. The topological polar surface area (TPSA) is 40.5 Å². The lowest BCUT2D eigenvalue weighted by Gasteiger charge is -2.24. The minimum atomic E-state index is -0.279. The van der Waals surface area contributed by atoms with Gasteiger partial charge in [0.2, 0.25) is 5.91 Å². The van der Waals surface area contributed by atoms with Crippen molar-refractivity contribution < 1.29 is 9.90 Å². The molecule has 0 saturated carbocycles. The summed E-state index contributed by atoms with van der Waals surface area (Å²) in [5.74, 6) is 3.64. The highest BCUT2D eigenvalue weighted by molar-refractivity contribution is 7.99. The van der Waals surface area contributed by atoms with Gasteiger partial charge >= 0.3 is 0 Å². The van der Waals surface area contributed by atoms with E-state index in [2.05, 4.69) is 0 Å². The summed E-state index contributed by atoms with van der Waals surface area (Å²) >= 11 is 2.00. The molecule has 2 unspecified atom stereocenters. The summed E-state index contributed by atoms with van der Waals surface area (Å²) in [6.45, 7) is 3.44. The third-order valence-electron chi connectivity index (χ3n) is 4.06. The first-order valence-corrected chi connectivity index (χ1v) is 7.86. The Kier molecular flexibility index (Phi) is 4.74. The first kappa shape index (κ1) is 13.2. The van der Waals surface area contributed by atoms with Crippen LogP contribution in [0.2, 0.25) is 0 Å². The molecule has 2 fully saturated rings. The third-order valence-corrected chi connectivity index (χ3v) is 5.11. The summed E-state index contributed by atoms with van der Waals surface area (Å²) in [7, 11) is 0. The number of carbonyl (C=O) groups is 1. The van der Waals surface area contributed by atoms with Crippen LogP contribution in [0.25, 0.3) is 0 Å². The zero-order valence-corrected chi connectivity index (χ0v) is 11.4. The van der Waals surface area contributed by atoms with Gasteiger partial charge in [-0.3, -0.25) is 4.79 Å². The van der Waals surface area contributed by atoms with Crippen molar-refractivity contribution in [3.63, 3.8) is 0 Å². The van der Waals surface area contributed by atoms with Crippen molar-refractivity contribution in [2.24, 2.45) is 11.8 Å². The van der Waals surface area contributed by atoms with Crippen LogP contribution in [0.3, 0.4) is 0 Å². The molecule has 0 bridgehead atoms. The van der Waals surface area contributed by atoms with Crippen LogP contribution in [0, 0.1) is 11.8 Å². The Labute approximate surface area is 108 Å². The van der Waals surface area contributed by atoms with Crippen LogP contribution >= 0.6 is 11.8 Å². The van der Waals surface area contributed by atoms with Gasteiger partial charge in [-0.1, -0.05) is 0 Å². The van der Waals surface area contributed by atoms with Crippen LogP contribution in [0.4, 0.5) is 0 Å². The minimum absolute atomic E-state index is 0.279. The highest BCUT2D eigenvalue weighted by atomic mass is 32.2. The van der Waals surface area contributed by atoms with E-state index < -0.39 is 0 Å². The van der Waals surface area contributed by atoms with Gasteiger partial charge in [0.05, 0.1) is 6.10 Å². The van der Waals surface area contributed by atoms with E-state index in [0.29, 0.717) is 17.7 Å². The normalized spacial score (nSPS) is 28.4. The molecule has 98 valence electrons. The van der Waals surface area contributed by atoms with Crippen LogP contribution < -0.4 is 0 Å². The van der Waals surface area contributed by atoms with Crippen molar-refractivity contribution in [3.8, 4) is 0 Å². The van der Waals surface area contributed by atoms with Gasteiger partial charge in [0.25, 0.3) is 0 Å². The van der Waals surface area contributed by atoms with Gasteiger partial charge in [0, 0.05) is 25.4 Å². The van der Waals surface area contributed by atoms with Crippen LogP contribution in [-0.2, 0) is 4.79 Å². The Hall–Kier alpha value is -0.220. The molecule has 2 heterocycles. The second-order valence-electron chi connectivity index (χ2n) is 5.39. The standard InChI is InChI=1S/C13H23NO2S/c1-10(15)12-2-5-14(9-12)13(16)8-11-3-6-17-7-4-11/h10-12,15H,2-9H2,1H3. The van der Waals surface area contributed by atoms with E-state index in [0.717, 1.165) is 25.9 Å². The number of amides is 1. The average Bonchev–Trinajstić information content (AvgIpc) is 2.79. The number of thioether (sulfide) groups is 1. The Bertz CT molecular complexity index is 264. The van der Waals surface area contributed by atoms with Crippen LogP contribution in [-0.4, -0.2) is 46.6 Å². The summed E-state index contributed by atoms with van der Waals surface area (Å²) < 4.78 is 0. The Morgan fingerprint density at radius 1 is 1.41 bits per heavy atom. The van der Waals surface area contributed by atoms with Gasteiger partial charge in [-0.2, -0.15) is 11.8 Å². The van der Waals surface area contributed by atoms with E-state index in [9.17, 15) is 9.90 Å². The fourth-order valence-electron chi connectivity index (χ4n) is 2.73. The predicted molar refractivity (Wildman–Crippen MR) is 71.0 cm³/mol. The van der Waals surface area contributed by atoms with E-state index in [-0.39, 0.29) is 6.10 Å². The highest BCUT2D eigenvalue weighted by Gasteiger charge is 2.30. The number of likely N-dealkylation sites (tertiary alicyclic amines) is 1. The first-order chi connectivity index (χ1) is 8.16. The number of carbonyl (C=O) groups excluding carboxylic acids is 1. The zero-order chi connectivity index (χ0) is 12.3. The zero-order valence-electron chi connectivity index (χ0n) is 10.6. The maximum Gasteiger partial charge on any atom is 0.222 e. The lowest BCUT2D eigenvalue weighted by atomic mass is 9.98. The van der Waals surface area contributed by atoms with E-state index in [1.165, 1.54) is 24.3 Å². The van der Waals surface area contributed by atoms with E-state index >= 15 is 0 Å². The lowest BCUT2D eigenvalue weighted by molar-refractivity contribution is -0.131. The SMILES string of the molecule is CC(O)C1CCN(C(=O)CC2CCSCC2)C1. The predicted octanol–water partition coefficient (Wildman–Crippen LogP) is 1.75. The highest BCUT2D eigenvalue weighted by Crippen LogP contribution is 2.27. The van der Waals surface area contributed by atoms with Gasteiger partial charge in [-0.15, -0.1) is 0 Å². The fraction of sp³-hybridized carbons (Fsp3) is 0.923. The van der Waals surface area contributed by atoms with Crippen LogP contribution in [0.5, 0.6) is 0 Å². The van der Waals surface area contributed by atoms with Crippen molar-refractivity contribution in [1.29, 1.82) is 0 Å². The summed E-state index contributed by atoms with van der Waals surface area (Å²) in [5.41, 5.74) is 0. The monoisotopic (exact) mass is 257 g/mol. The number of nitrogens with zero attached hydrogens (tertiary/aromatic N) is 1. The number of aliphatic hydroxyl groups is 1. The molecule has 0 aromatic rings. The van der Waals surface area contributed by atoms with Gasteiger partial charge in [0.15, 0.2) is 0 Å². The molecule has 4 heteroatoms. The second-order valence-corrected chi connectivity index (χ2v) is 6.61. The molecule has 2 atom stereocenters. The molecule has 2 saturated heterocycles. The Balaban J connectivity index is 1.76. The lowest BCUT2D eigenvalue weighted by Crippen LogP contribution is -2.32. The van der Waals surface area contributed by atoms with Crippen molar-refractivity contribution >= 4 is 17.7 Å². The average molecular weight is 257 g/mol. The van der Waals surface area contributed by atoms with E-state index in [1.807, 2.05) is 23.6 Å². The molecule has 0 aliphatic carbocycles. The number of hydrogen-bond donors (Lipinski definition) is 1. The molecule has 3 nitrogen and oxygen atoms in total. The van der Waals surface area contributed by atoms with E-state index in [4.69, 9.17) is 0 Å². The second kappa shape index (κ2) is 6.10. The maximum absolute atomic E-state index is 12.1. The number of hydrogen-bond acceptors (Lipinski definition) is 3. The number of aliphatic hydroxyl groups excluding tert-OH is 1. The fourth-order valence-corrected chi connectivity index (χ4v) is 3.94. The van der Waals surface area contributed by atoms with Crippen LogP contribution in [0.15, 0.2) is 0 Å². The molecular weight excluding hydrogens is 234 g/mol. The third kappa shape index (κ3) is 3.62. The van der Waals surface area contributed by atoms with Gasteiger partial charge < -0.3 is 10.0 Å². The van der Waals surface area contributed by atoms with E-state index in [1.54, 1.807) is 0 Å². The summed E-state index contributed by atoms with van der Waals surface area (Å²) in [6.07, 6.45) is 3.81. The minimum Gasteiger partial charge on any atom is -0.393 e. The van der Waals surface area contributed by atoms with Gasteiger partial charge in [-0.25, -0.2) is 0 Å².